The van der Waals surface area contributed by atoms with Gasteiger partial charge in [-0.2, -0.15) is 0 Å². The van der Waals surface area contributed by atoms with Crippen molar-refractivity contribution in [3.05, 3.63) is 164 Å². The molecule has 0 atom stereocenters. The highest BCUT2D eigenvalue weighted by atomic mass is 16.5. The lowest BCUT2D eigenvalue weighted by Gasteiger charge is -2.27. The molecule has 0 radical (unpaired) electrons. The van der Waals surface area contributed by atoms with Gasteiger partial charge in [-0.15, -0.1) is 0 Å². The topological polar surface area (TPSA) is 15.7 Å². The van der Waals surface area contributed by atoms with E-state index in [-0.39, 0.29) is 0 Å². The minimum atomic E-state index is 0.845. The van der Waals surface area contributed by atoms with Crippen LogP contribution in [0.3, 0.4) is 0 Å². The first-order chi connectivity index (χ1) is 20.1. The summed E-state index contributed by atoms with van der Waals surface area (Å²) in [5, 5.41) is 0. The summed E-state index contributed by atoms with van der Waals surface area (Å²) in [5.41, 5.74) is 9.93. The van der Waals surface area contributed by atoms with Gasteiger partial charge < -0.3 is 14.5 Å². The predicted octanol–water partition coefficient (Wildman–Crippen LogP) is 10.4. The lowest BCUT2D eigenvalue weighted by atomic mass is 10.0. The van der Waals surface area contributed by atoms with E-state index in [9.17, 15) is 0 Å². The number of hydrogen-bond donors (Lipinski definition) is 0. The Balaban J connectivity index is 1.50. The molecule has 0 fully saturated rings. The second-order valence-electron chi connectivity index (χ2n) is 9.63. The van der Waals surface area contributed by atoms with E-state index in [1.165, 1.54) is 11.1 Å². The summed E-state index contributed by atoms with van der Waals surface area (Å²) in [4.78, 5) is 4.44. The van der Waals surface area contributed by atoms with E-state index < -0.39 is 0 Å². The molecule has 202 valence electrons. The molecule has 3 nitrogen and oxygen atoms in total. The summed E-state index contributed by atoms with van der Waals surface area (Å²) in [6.07, 6.45) is 5.62. The van der Waals surface area contributed by atoms with Crippen molar-refractivity contribution in [1.29, 1.82) is 0 Å². The van der Waals surface area contributed by atoms with Gasteiger partial charge in [0.15, 0.2) is 0 Å². The zero-order valence-electron chi connectivity index (χ0n) is 23.6. The van der Waals surface area contributed by atoms with Crippen molar-refractivity contribution in [1.82, 2.24) is 0 Å². The molecule has 0 bridgehead atoms. The van der Waals surface area contributed by atoms with Crippen molar-refractivity contribution < 1.29 is 4.74 Å². The lowest BCUT2D eigenvalue weighted by molar-refractivity contribution is 0.415. The number of rotatable bonds is 10. The molecule has 3 heteroatoms. The fourth-order valence-corrected chi connectivity index (χ4v) is 4.87. The average molecular weight is 535 g/mol. The molecule has 0 unspecified atom stereocenters. The monoisotopic (exact) mass is 534 g/mol. The summed E-state index contributed by atoms with van der Waals surface area (Å²) >= 11 is 0. The maximum atomic E-state index is 5.32. The average Bonchev–Trinajstić information content (AvgIpc) is 3.05. The Hall–Kier alpha value is -5.28. The van der Waals surface area contributed by atoms with Crippen LogP contribution < -0.4 is 14.5 Å². The maximum Gasteiger partial charge on any atom is 0.119 e. The van der Waals surface area contributed by atoms with Crippen LogP contribution in [0.1, 0.15) is 5.56 Å². The van der Waals surface area contributed by atoms with E-state index >= 15 is 0 Å². The smallest absolute Gasteiger partial charge is 0.119 e. The highest BCUT2D eigenvalue weighted by Crippen LogP contribution is 2.37. The van der Waals surface area contributed by atoms with Crippen LogP contribution in [0.4, 0.5) is 28.4 Å². The van der Waals surface area contributed by atoms with Gasteiger partial charge in [0.05, 0.1) is 7.11 Å². The fraction of sp³-hybridized carbons (Fsp3) is 0.0526. The molecule has 41 heavy (non-hydrogen) atoms. The van der Waals surface area contributed by atoms with Crippen molar-refractivity contribution >= 4 is 34.0 Å². The van der Waals surface area contributed by atoms with Crippen LogP contribution in [-0.2, 0) is 0 Å². The van der Waals surface area contributed by atoms with E-state index in [0.29, 0.717) is 0 Å². The van der Waals surface area contributed by atoms with E-state index in [4.69, 9.17) is 4.74 Å². The third-order valence-corrected chi connectivity index (χ3v) is 7.16. The number of methoxy groups -OCH3 is 1. The molecule has 0 saturated heterocycles. The van der Waals surface area contributed by atoms with Crippen molar-refractivity contribution in [3.8, 4) is 16.9 Å². The standard InChI is InChI=1S/C38H34N2O/c1-5-10-29(6-2)31-13-17-35(18-14-31)40(36-19-15-32(16-20-36)30-11-8-7-9-12-30)37-23-21-33(22-24-37)39(3)34-25-27-38(41-4)28-26-34/h5-28H,1-2H2,3-4H3/b29-10+. The number of nitrogens with zero attached hydrogens (tertiary/aromatic N) is 2. The lowest BCUT2D eigenvalue weighted by Crippen LogP contribution is -2.12. The number of hydrogen-bond acceptors (Lipinski definition) is 3. The summed E-state index contributed by atoms with van der Waals surface area (Å²) in [6.45, 7) is 7.79. The summed E-state index contributed by atoms with van der Waals surface area (Å²) in [7, 11) is 3.76. The molecule has 0 aliphatic rings. The minimum absolute atomic E-state index is 0.845. The number of anilines is 5. The Bertz CT molecular complexity index is 1620. The largest absolute Gasteiger partial charge is 0.497 e. The summed E-state index contributed by atoms with van der Waals surface area (Å²) in [6, 6.07) is 44.5. The van der Waals surface area contributed by atoms with Crippen LogP contribution >= 0.6 is 0 Å². The van der Waals surface area contributed by atoms with Gasteiger partial charge in [0.1, 0.15) is 5.75 Å². The Kier molecular flexibility index (Phi) is 8.46. The molecule has 0 saturated carbocycles. The highest BCUT2D eigenvalue weighted by Gasteiger charge is 2.14. The molecule has 0 amide bonds. The molecule has 5 aromatic carbocycles. The molecule has 5 aromatic rings. The maximum absolute atomic E-state index is 5.32. The third kappa shape index (κ3) is 6.15. The number of ether oxygens (including phenoxy) is 1. The molecule has 0 spiro atoms. The Morgan fingerprint density at radius 3 is 1.56 bits per heavy atom. The quantitative estimate of drug-likeness (QED) is 0.166. The van der Waals surface area contributed by atoms with Crippen molar-refractivity contribution in [3.63, 3.8) is 0 Å². The van der Waals surface area contributed by atoms with Gasteiger partial charge in [-0.05, 0) is 95.1 Å². The molecule has 0 aromatic heterocycles. The van der Waals surface area contributed by atoms with Gasteiger partial charge in [-0.3, -0.25) is 0 Å². The molecule has 0 aliphatic carbocycles. The van der Waals surface area contributed by atoms with Crippen LogP contribution in [-0.4, -0.2) is 14.2 Å². The second-order valence-corrected chi connectivity index (χ2v) is 9.63. The first-order valence-electron chi connectivity index (χ1n) is 13.6. The zero-order chi connectivity index (χ0) is 28.6. The Labute approximate surface area is 243 Å². The van der Waals surface area contributed by atoms with Gasteiger partial charge >= 0.3 is 0 Å². The van der Waals surface area contributed by atoms with Crippen molar-refractivity contribution in [2.75, 3.05) is 24.0 Å². The van der Waals surface area contributed by atoms with Crippen LogP contribution in [0.2, 0.25) is 0 Å². The van der Waals surface area contributed by atoms with E-state index in [1.807, 2.05) is 30.4 Å². The van der Waals surface area contributed by atoms with Crippen molar-refractivity contribution in [2.45, 2.75) is 0 Å². The zero-order valence-corrected chi connectivity index (χ0v) is 23.6. The van der Waals surface area contributed by atoms with E-state index in [0.717, 1.165) is 45.3 Å². The van der Waals surface area contributed by atoms with Gasteiger partial charge in [0.25, 0.3) is 0 Å². The van der Waals surface area contributed by atoms with Crippen LogP contribution in [0.25, 0.3) is 16.7 Å². The van der Waals surface area contributed by atoms with Crippen molar-refractivity contribution in [2.24, 2.45) is 0 Å². The first-order valence-corrected chi connectivity index (χ1v) is 13.6. The highest BCUT2D eigenvalue weighted by molar-refractivity contribution is 5.81. The molecule has 0 N–H and O–H groups in total. The summed E-state index contributed by atoms with van der Waals surface area (Å²) < 4.78 is 5.32. The fourth-order valence-electron chi connectivity index (χ4n) is 4.87. The normalized spacial score (nSPS) is 11.0. The second kappa shape index (κ2) is 12.7. The van der Waals surface area contributed by atoms with Gasteiger partial charge in [0, 0.05) is 35.5 Å². The first kappa shape index (κ1) is 27.3. The predicted molar refractivity (Wildman–Crippen MR) is 176 cm³/mol. The Morgan fingerprint density at radius 2 is 1.05 bits per heavy atom. The van der Waals surface area contributed by atoms with Gasteiger partial charge in [0.2, 0.25) is 0 Å². The van der Waals surface area contributed by atoms with Crippen LogP contribution in [0.5, 0.6) is 5.75 Å². The van der Waals surface area contributed by atoms with Crippen LogP contribution in [0.15, 0.2) is 159 Å². The van der Waals surface area contributed by atoms with Crippen LogP contribution in [0, 0.1) is 0 Å². The molecule has 0 aliphatic heterocycles. The SMILES string of the molecule is C=C/C=C(\C=C)c1ccc(N(c2ccc(-c3ccccc3)cc2)c2ccc(N(C)c3ccc(OC)cc3)cc2)cc1. The molecule has 0 heterocycles. The van der Waals surface area contributed by atoms with E-state index in [2.05, 4.69) is 139 Å². The Morgan fingerprint density at radius 1 is 0.585 bits per heavy atom. The summed E-state index contributed by atoms with van der Waals surface area (Å²) in [5.74, 6) is 0.845. The van der Waals surface area contributed by atoms with E-state index in [1.54, 1.807) is 13.2 Å². The van der Waals surface area contributed by atoms with Gasteiger partial charge in [-0.1, -0.05) is 86.0 Å². The molecular weight excluding hydrogens is 500 g/mol. The third-order valence-electron chi connectivity index (χ3n) is 7.16. The molecular formula is C38H34N2O. The minimum Gasteiger partial charge on any atom is -0.497 e. The van der Waals surface area contributed by atoms with Gasteiger partial charge in [-0.25, -0.2) is 0 Å². The number of allylic oxidation sites excluding steroid dienone is 4. The molecule has 5 rings (SSSR count). The number of benzene rings is 5.